The third-order valence-corrected chi connectivity index (χ3v) is 12.7. The van der Waals surface area contributed by atoms with Crippen molar-refractivity contribution in [3.8, 4) is 0 Å². The number of nitrogens with zero attached hydrogens (tertiary/aromatic N) is 1. The van der Waals surface area contributed by atoms with Gasteiger partial charge in [0.05, 0.1) is 40.3 Å². The van der Waals surface area contributed by atoms with Gasteiger partial charge in [-0.3, -0.25) is 9.59 Å². The lowest BCUT2D eigenvalue weighted by Gasteiger charge is -2.26. The number of carboxylic acids is 1. The molecule has 0 saturated heterocycles. The molecule has 0 aromatic carbocycles. The Kier molecular flexibility index (Phi) is 48.5. The van der Waals surface area contributed by atoms with Crippen molar-refractivity contribution in [3.63, 3.8) is 0 Å². The molecule has 0 N–H and O–H groups in total. The summed E-state index contributed by atoms with van der Waals surface area (Å²) >= 11 is 0. The summed E-state index contributed by atoms with van der Waals surface area (Å²) in [4.78, 5) is 37.1. The highest BCUT2D eigenvalue weighted by atomic mass is 16.7. The third kappa shape index (κ3) is 51.4. The van der Waals surface area contributed by atoms with Crippen LogP contribution in [0.2, 0.25) is 0 Å². The van der Waals surface area contributed by atoms with Crippen LogP contribution in [-0.4, -0.2) is 82.3 Å². The van der Waals surface area contributed by atoms with Gasteiger partial charge >= 0.3 is 11.9 Å². The molecular formula is C58H109NO8. The molecule has 0 aromatic rings. The summed E-state index contributed by atoms with van der Waals surface area (Å²) in [6, 6.07) is 0. The van der Waals surface area contributed by atoms with E-state index in [4.69, 9.17) is 18.9 Å². The van der Waals surface area contributed by atoms with Crippen LogP contribution in [0.4, 0.5) is 0 Å². The van der Waals surface area contributed by atoms with Crippen LogP contribution in [0.15, 0.2) is 24.3 Å². The van der Waals surface area contributed by atoms with Crippen LogP contribution >= 0.6 is 0 Å². The number of hydrogen-bond acceptors (Lipinski definition) is 8. The Balaban J connectivity index is 4.05. The van der Waals surface area contributed by atoms with Crippen molar-refractivity contribution in [2.45, 2.75) is 283 Å². The van der Waals surface area contributed by atoms with Gasteiger partial charge in [0, 0.05) is 12.8 Å². The molecule has 0 aliphatic carbocycles. The second-order valence-corrected chi connectivity index (χ2v) is 20.6. The van der Waals surface area contributed by atoms with Gasteiger partial charge in [-0.25, -0.2) is 0 Å². The van der Waals surface area contributed by atoms with Crippen molar-refractivity contribution in [2.24, 2.45) is 0 Å². The predicted molar refractivity (Wildman–Crippen MR) is 279 cm³/mol. The zero-order valence-electron chi connectivity index (χ0n) is 44.8. The van der Waals surface area contributed by atoms with Crippen LogP contribution in [-0.2, 0) is 33.3 Å². The highest BCUT2D eigenvalue weighted by Crippen LogP contribution is 2.17. The molecule has 2 atom stereocenters. The molecule has 0 amide bonds. The van der Waals surface area contributed by atoms with E-state index in [-0.39, 0.29) is 32.2 Å². The molecule has 9 nitrogen and oxygen atoms in total. The summed E-state index contributed by atoms with van der Waals surface area (Å²) < 4.78 is 22.6. The van der Waals surface area contributed by atoms with Crippen LogP contribution in [0, 0.1) is 0 Å². The van der Waals surface area contributed by atoms with Gasteiger partial charge in [0.1, 0.15) is 13.2 Å². The maximum atomic E-state index is 12.8. The number of esters is 2. The summed E-state index contributed by atoms with van der Waals surface area (Å²) in [6.07, 6.45) is 55.3. The standard InChI is InChI=1S/C58H109NO8/c1-6-8-10-12-14-16-18-19-20-21-22-23-24-25-26-27-28-29-30-31-32-33-34-35-36-37-39-41-43-45-47-49-56(61)67-54(53-66-58(57(62)63)64-51-50-59(3,4)5)52-65-55(60)48-46-44-42-40-38-17-15-13-11-9-7-2/h18-19,21-22,54,58H,6-17,20,23-53H2,1-5H3/b19-18-,22-21-. The zero-order chi connectivity index (χ0) is 49.2. The monoisotopic (exact) mass is 948 g/mol. The molecule has 0 aromatic heterocycles. The normalized spacial score (nSPS) is 12.9. The summed E-state index contributed by atoms with van der Waals surface area (Å²) in [5.41, 5.74) is 0. The Hall–Kier alpha value is -2.23. The molecule has 0 spiro atoms. The summed E-state index contributed by atoms with van der Waals surface area (Å²) in [7, 11) is 5.92. The van der Waals surface area contributed by atoms with E-state index in [0.717, 1.165) is 44.9 Å². The molecule has 67 heavy (non-hydrogen) atoms. The number of hydrogen-bond donors (Lipinski definition) is 0. The van der Waals surface area contributed by atoms with Gasteiger partial charge in [0.2, 0.25) is 0 Å². The second-order valence-electron chi connectivity index (χ2n) is 20.6. The average Bonchev–Trinajstić information content (AvgIpc) is 3.29. The first kappa shape index (κ1) is 64.8. The van der Waals surface area contributed by atoms with Crippen molar-refractivity contribution >= 4 is 17.9 Å². The SMILES string of the molecule is CCCCCCC/C=C\C/C=C\CCCCCCCCCCCCCCCCCCCCCC(=O)OC(COC(=O)CCCCCCCCCCCCC)COC(OCC[N+](C)(C)C)C(=O)[O-]. The number of carbonyl (C=O) groups is 3. The Bertz CT molecular complexity index is 1150. The first-order valence-electron chi connectivity index (χ1n) is 28.5. The van der Waals surface area contributed by atoms with Gasteiger partial charge in [0.25, 0.3) is 0 Å². The molecule has 0 aliphatic heterocycles. The topological polar surface area (TPSA) is 111 Å². The lowest BCUT2D eigenvalue weighted by Crippen LogP contribution is -2.44. The number of likely N-dealkylation sites (N-methyl/N-ethyl adjacent to an activating group) is 1. The minimum Gasteiger partial charge on any atom is -0.545 e. The van der Waals surface area contributed by atoms with E-state index < -0.39 is 24.3 Å². The van der Waals surface area contributed by atoms with Gasteiger partial charge in [-0.05, 0) is 44.9 Å². The summed E-state index contributed by atoms with van der Waals surface area (Å²) in [5, 5.41) is 11.7. The maximum Gasteiger partial charge on any atom is 0.306 e. The largest absolute Gasteiger partial charge is 0.545 e. The fourth-order valence-electron chi connectivity index (χ4n) is 8.27. The quantitative estimate of drug-likeness (QED) is 0.0195. The molecule has 0 aliphatic rings. The number of quaternary nitrogens is 1. The highest BCUT2D eigenvalue weighted by Gasteiger charge is 2.22. The van der Waals surface area contributed by atoms with Crippen molar-refractivity contribution in [1.82, 2.24) is 0 Å². The molecule has 0 bridgehead atoms. The molecule has 0 rings (SSSR count). The fourth-order valence-corrected chi connectivity index (χ4v) is 8.27. The number of carbonyl (C=O) groups excluding carboxylic acids is 3. The van der Waals surface area contributed by atoms with Crippen LogP contribution < -0.4 is 5.11 Å². The molecule has 2 unspecified atom stereocenters. The molecule has 0 radical (unpaired) electrons. The first-order valence-corrected chi connectivity index (χ1v) is 28.5. The third-order valence-electron chi connectivity index (χ3n) is 12.7. The van der Waals surface area contributed by atoms with Gasteiger partial charge in [-0.15, -0.1) is 0 Å². The average molecular weight is 949 g/mol. The first-order chi connectivity index (χ1) is 32.6. The van der Waals surface area contributed by atoms with Crippen molar-refractivity contribution in [3.05, 3.63) is 24.3 Å². The van der Waals surface area contributed by atoms with Crippen LogP contribution in [0.25, 0.3) is 0 Å². The Morgan fingerprint density at radius 1 is 0.448 bits per heavy atom. The van der Waals surface area contributed by atoms with Crippen molar-refractivity contribution in [2.75, 3.05) is 47.5 Å². The van der Waals surface area contributed by atoms with Gasteiger partial charge < -0.3 is 33.3 Å². The minimum absolute atomic E-state index is 0.151. The lowest BCUT2D eigenvalue weighted by atomic mass is 10.0. The van der Waals surface area contributed by atoms with Crippen LogP contribution in [0.3, 0.4) is 0 Å². The number of unbranched alkanes of at least 4 members (excludes halogenated alkanes) is 34. The van der Waals surface area contributed by atoms with E-state index in [9.17, 15) is 19.5 Å². The Morgan fingerprint density at radius 3 is 1.18 bits per heavy atom. The van der Waals surface area contributed by atoms with E-state index in [1.165, 1.54) is 199 Å². The van der Waals surface area contributed by atoms with E-state index >= 15 is 0 Å². The summed E-state index contributed by atoms with van der Waals surface area (Å²) in [5.74, 6) is -2.27. The molecule has 0 saturated carbocycles. The van der Waals surface area contributed by atoms with E-state index in [1.54, 1.807) is 0 Å². The molecular weight excluding hydrogens is 839 g/mol. The fraction of sp³-hybridized carbons (Fsp3) is 0.879. The number of allylic oxidation sites excluding steroid dienone is 4. The minimum atomic E-state index is -1.62. The van der Waals surface area contributed by atoms with E-state index in [2.05, 4.69) is 38.2 Å². The van der Waals surface area contributed by atoms with Gasteiger partial charge in [-0.1, -0.05) is 237 Å². The smallest absolute Gasteiger partial charge is 0.306 e. The molecule has 394 valence electrons. The number of carboxylic acid groups (broad SMARTS) is 1. The second kappa shape index (κ2) is 50.2. The predicted octanol–water partition coefficient (Wildman–Crippen LogP) is 15.0. The van der Waals surface area contributed by atoms with E-state index in [1.807, 2.05) is 21.1 Å². The Labute approximate surface area is 414 Å². The van der Waals surface area contributed by atoms with Crippen molar-refractivity contribution < 1.29 is 42.9 Å². The lowest BCUT2D eigenvalue weighted by molar-refractivity contribution is -0.870. The Morgan fingerprint density at radius 2 is 0.806 bits per heavy atom. The van der Waals surface area contributed by atoms with Gasteiger partial charge in [0.15, 0.2) is 12.4 Å². The van der Waals surface area contributed by atoms with Crippen LogP contribution in [0.1, 0.15) is 271 Å². The zero-order valence-corrected chi connectivity index (χ0v) is 44.8. The molecule has 0 fully saturated rings. The van der Waals surface area contributed by atoms with Crippen molar-refractivity contribution in [1.29, 1.82) is 0 Å². The summed E-state index contributed by atoms with van der Waals surface area (Å²) in [6.45, 7) is 4.76. The number of ether oxygens (including phenoxy) is 4. The molecule has 9 heteroatoms. The number of aliphatic carboxylic acids is 1. The maximum absolute atomic E-state index is 12.8. The highest BCUT2D eigenvalue weighted by molar-refractivity contribution is 5.70. The van der Waals surface area contributed by atoms with Crippen LogP contribution in [0.5, 0.6) is 0 Å². The van der Waals surface area contributed by atoms with Gasteiger partial charge in [-0.2, -0.15) is 0 Å². The van der Waals surface area contributed by atoms with E-state index in [0.29, 0.717) is 17.4 Å². The number of rotatable bonds is 53. The molecule has 0 heterocycles.